The van der Waals surface area contributed by atoms with E-state index in [2.05, 4.69) is 9.97 Å². The normalized spacial score (nSPS) is 13.9. The molecule has 1 fully saturated rings. The molecule has 0 aliphatic carbocycles. The maximum absolute atomic E-state index is 11.7. The van der Waals surface area contributed by atoms with Gasteiger partial charge >= 0.3 is 6.09 Å². The molecule has 23 heavy (non-hydrogen) atoms. The zero-order chi connectivity index (χ0) is 15.9. The van der Waals surface area contributed by atoms with E-state index in [4.69, 9.17) is 4.74 Å². The van der Waals surface area contributed by atoms with E-state index < -0.39 is 0 Å². The van der Waals surface area contributed by atoms with Crippen LogP contribution in [0.25, 0.3) is 11.4 Å². The highest BCUT2D eigenvalue weighted by Crippen LogP contribution is 2.29. The summed E-state index contributed by atoms with van der Waals surface area (Å²) in [4.78, 5) is 32.6. The van der Waals surface area contributed by atoms with Crippen LogP contribution < -0.4 is 0 Å². The number of rotatable bonds is 4. The first-order chi connectivity index (χ1) is 10.5. The van der Waals surface area contributed by atoms with Crippen molar-refractivity contribution in [1.82, 2.24) is 14.9 Å². The molecule has 3 rings (SSSR count). The minimum atomic E-state index is -0.289. The second kappa shape index (κ2) is 6.72. The Labute approximate surface area is 144 Å². The average Bonchev–Trinajstić information content (AvgIpc) is 3.12. The van der Waals surface area contributed by atoms with Crippen molar-refractivity contribution in [3.63, 3.8) is 0 Å². The molecule has 1 saturated heterocycles. The van der Waals surface area contributed by atoms with Crippen LogP contribution in [0.15, 0.2) is 5.38 Å². The molecule has 1 aliphatic heterocycles. The number of halogens is 1. The van der Waals surface area contributed by atoms with Crippen molar-refractivity contribution in [2.75, 3.05) is 13.2 Å². The third-order valence-electron chi connectivity index (χ3n) is 3.77. The van der Waals surface area contributed by atoms with Crippen LogP contribution in [-0.4, -0.2) is 39.9 Å². The van der Waals surface area contributed by atoms with Gasteiger partial charge in [-0.15, -0.1) is 23.7 Å². The van der Waals surface area contributed by atoms with Crippen LogP contribution in [0.4, 0.5) is 4.79 Å². The van der Waals surface area contributed by atoms with Crippen LogP contribution >= 0.6 is 23.7 Å². The fraction of sp³-hybridized carbons (Fsp3) is 0.400. The minimum Gasteiger partial charge on any atom is -0.448 e. The molecule has 0 saturated carbocycles. The van der Waals surface area contributed by atoms with Crippen LogP contribution in [0.3, 0.4) is 0 Å². The Morgan fingerprint density at radius 2 is 2.22 bits per heavy atom. The van der Waals surface area contributed by atoms with Gasteiger partial charge in [-0.3, -0.25) is 9.69 Å². The van der Waals surface area contributed by atoms with E-state index in [9.17, 15) is 9.59 Å². The zero-order valence-electron chi connectivity index (χ0n) is 13.1. The van der Waals surface area contributed by atoms with Crippen molar-refractivity contribution in [3.8, 4) is 11.4 Å². The van der Waals surface area contributed by atoms with Gasteiger partial charge < -0.3 is 9.72 Å². The lowest BCUT2D eigenvalue weighted by atomic mass is 10.1. The summed E-state index contributed by atoms with van der Waals surface area (Å²) in [5.74, 6) is 0.0489. The molecule has 0 radical (unpaired) electrons. The number of amides is 1. The standard InChI is InChI=1S/C15H17N3O3S.ClH/c1-8-13(10(3)19)9(2)16-14(8)11-7-22-12(17-11)6-18-4-5-21-15(18)20;/h7,16H,4-6H2,1-3H3;1H. The first kappa shape index (κ1) is 17.5. The number of Topliss-reactive ketones (excluding diaryl/α,β-unsaturated/α-hetero) is 1. The highest BCUT2D eigenvalue weighted by Gasteiger charge is 2.24. The predicted molar refractivity (Wildman–Crippen MR) is 90.4 cm³/mol. The molecule has 0 aromatic carbocycles. The molecule has 8 heteroatoms. The van der Waals surface area contributed by atoms with Crippen molar-refractivity contribution in [1.29, 1.82) is 0 Å². The lowest BCUT2D eigenvalue weighted by Crippen LogP contribution is -2.23. The number of cyclic esters (lactones) is 1. The summed E-state index contributed by atoms with van der Waals surface area (Å²) >= 11 is 1.50. The Morgan fingerprint density at radius 1 is 1.48 bits per heavy atom. The van der Waals surface area contributed by atoms with Gasteiger partial charge in [0.1, 0.15) is 11.6 Å². The molecule has 0 unspecified atom stereocenters. The van der Waals surface area contributed by atoms with Gasteiger partial charge in [-0.2, -0.15) is 0 Å². The van der Waals surface area contributed by atoms with E-state index in [1.807, 2.05) is 19.2 Å². The highest BCUT2D eigenvalue weighted by atomic mass is 35.5. The van der Waals surface area contributed by atoms with Gasteiger partial charge in [-0.25, -0.2) is 9.78 Å². The minimum absolute atomic E-state index is 0. The van der Waals surface area contributed by atoms with Crippen molar-refractivity contribution in [2.45, 2.75) is 27.3 Å². The molecule has 1 amide bonds. The number of aromatic amines is 1. The average molecular weight is 356 g/mol. The summed E-state index contributed by atoms with van der Waals surface area (Å²) in [5, 5.41) is 2.80. The van der Waals surface area contributed by atoms with Gasteiger partial charge in [0.15, 0.2) is 5.78 Å². The van der Waals surface area contributed by atoms with Crippen LogP contribution in [0, 0.1) is 13.8 Å². The lowest BCUT2D eigenvalue weighted by Gasteiger charge is -2.09. The number of carbonyl (C=O) groups is 2. The first-order valence-corrected chi connectivity index (χ1v) is 7.92. The van der Waals surface area contributed by atoms with Crippen molar-refractivity contribution >= 4 is 35.6 Å². The van der Waals surface area contributed by atoms with E-state index >= 15 is 0 Å². The van der Waals surface area contributed by atoms with Gasteiger partial charge in [0.2, 0.25) is 0 Å². The molecule has 0 atom stereocenters. The number of ether oxygens (including phenoxy) is 1. The number of ketones is 1. The maximum Gasteiger partial charge on any atom is 0.410 e. The second-order valence-corrected chi connectivity index (χ2v) is 6.29. The summed E-state index contributed by atoms with van der Waals surface area (Å²) in [6, 6.07) is 0. The quantitative estimate of drug-likeness (QED) is 0.853. The third-order valence-corrected chi connectivity index (χ3v) is 4.60. The van der Waals surface area contributed by atoms with Crippen LogP contribution in [-0.2, 0) is 11.3 Å². The van der Waals surface area contributed by atoms with Crippen molar-refractivity contribution in [2.24, 2.45) is 0 Å². The molecule has 6 nitrogen and oxygen atoms in total. The molecule has 3 heterocycles. The van der Waals surface area contributed by atoms with E-state index in [-0.39, 0.29) is 24.3 Å². The number of hydrogen-bond acceptors (Lipinski definition) is 5. The Morgan fingerprint density at radius 3 is 2.78 bits per heavy atom. The van der Waals surface area contributed by atoms with Gasteiger partial charge in [0, 0.05) is 16.6 Å². The Bertz CT molecular complexity index is 753. The molecular formula is C15H18ClN3O3S. The van der Waals surface area contributed by atoms with Crippen molar-refractivity contribution in [3.05, 3.63) is 27.2 Å². The van der Waals surface area contributed by atoms with Gasteiger partial charge in [-0.05, 0) is 26.3 Å². The number of carbonyl (C=O) groups excluding carboxylic acids is 2. The second-order valence-electron chi connectivity index (χ2n) is 5.34. The molecule has 0 spiro atoms. The largest absolute Gasteiger partial charge is 0.448 e. The predicted octanol–water partition coefficient (Wildman–Crippen LogP) is 3.33. The van der Waals surface area contributed by atoms with Crippen LogP contribution in [0.1, 0.15) is 33.5 Å². The molecule has 2 aromatic rings. The number of aryl methyl sites for hydroxylation is 1. The number of H-pyrrole nitrogens is 1. The summed E-state index contributed by atoms with van der Waals surface area (Å²) in [5.41, 5.74) is 4.18. The van der Waals surface area contributed by atoms with E-state index in [0.717, 1.165) is 33.2 Å². The Kier molecular flexibility index (Phi) is 5.11. The summed E-state index contributed by atoms with van der Waals surface area (Å²) in [7, 11) is 0. The molecular weight excluding hydrogens is 338 g/mol. The molecule has 0 bridgehead atoms. The van der Waals surface area contributed by atoms with Gasteiger partial charge in [0.05, 0.1) is 24.5 Å². The maximum atomic E-state index is 11.7. The lowest BCUT2D eigenvalue weighted by molar-refractivity contribution is 0.101. The van der Waals surface area contributed by atoms with E-state index in [1.165, 1.54) is 11.3 Å². The molecule has 1 aliphatic rings. The highest BCUT2D eigenvalue weighted by molar-refractivity contribution is 7.09. The van der Waals surface area contributed by atoms with Crippen LogP contribution in [0.2, 0.25) is 0 Å². The number of thiazole rings is 1. The SMILES string of the molecule is CC(=O)c1c(C)[nH]c(-c2csc(CN3CCOC3=O)n2)c1C.Cl. The number of nitrogens with one attached hydrogen (secondary N) is 1. The Hall–Kier alpha value is -1.86. The Balaban J connectivity index is 0.00000192. The molecule has 1 N–H and O–H groups in total. The molecule has 124 valence electrons. The first-order valence-electron chi connectivity index (χ1n) is 7.04. The van der Waals surface area contributed by atoms with E-state index in [1.54, 1.807) is 11.8 Å². The number of aromatic nitrogens is 2. The fourth-order valence-corrected chi connectivity index (χ4v) is 3.56. The summed E-state index contributed by atoms with van der Waals surface area (Å²) in [6.07, 6.45) is -0.289. The van der Waals surface area contributed by atoms with Crippen LogP contribution in [0.5, 0.6) is 0 Å². The zero-order valence-corrected chi connectivity index (χ0v) is 14.8. The summed E-state index contributed by atoms with van der Waals surface area (Å²) in [6.45, 7) is 6.88. The van der Waals surface area contributed by atoms with Gasteiger partial charge in [-0.1, -0.05) is 0 Å². The fourth-order valence-electron chi connectivity index (χ4n) is 2.77. The molecule has 2 aromatic heterocycles. The smallest absolute Gasteiger partial charge is 0.410 e. The number of nitrogens with zero attached hydrogens (tertiary/aromatic N) is 2. The monoisotopic (exact) mass is 355 g/mol. The van der Waals surface area contributed by atoms with Gasteiger partial charge in [0.25, 0.3) is 0 Å². The number of hydrogen-bond donors (Lipinski definition) is 1. The topological polar surface area (TPSA) is 75.3 Å². The van der Waals surface area contributed by atoms with E-state index in [0.29, 0.717) is 19.7 Å². The van der Waals surface area contributed by atoms with Crippen molar-refractivity contribution < 1.29 is 14.3 Å². The summed E-state index contributed by atoms with van der Waals surface area (Å²) < 4.78 is 4.91. The third kappa shape index (κ3) is 3.25.